The third kappa shape index (κ3) is 3.92. The summed E-state index contributed by atoms with van der Waals surface area (Å²) >= 11 is 6.14. The summed E-state index contributed by atoms with van der Waals surface area (Å²) in [5, 5.41) is 8.91. The maximum Gasteiger partial charge on any atom is 0.345 e. The normalized spacial score (nSPS) is 16.4. The lowest BCUT2D eigenvalue weighted by atomic mass is 10.0. The molecular weight excluding hydrogens is 390 g/mol. The van der Waals surface area contributed by atoms with Crippen LogP contribution in [0, 0.1) is 6.92 Å². The van der Waals surface area contributed by atoms with E-state index in [9.17, 15) is 9.59 Å². The van der Waals surface area contributed by atoms with Crippen LogP contribution in [0.3, 0.4) is 0 Å². The van der Waals surface area contributed by atoms with E-state index < -0.39 is 0 Å². The third-order valence-electron chi connectivity index (χ3n) is 5.33. The molecule has 8 heteroatoms. The van der Waals surface area contributed by atoms with Gasteiger partial charge in [-0.25, -0.2) is 9.48 Å². The van der Waals surface area contributed by atoms with Gasteiger partial charge in [-0.2, -0.15) is 5.10 Å². The molecule has 1 aliphatic rings. The van der Waals surface area contributed by atoms with Crippen LogP contribution in [0.4, 0.5) is 0 Å². The van der Waals surface area contributed by atoms with E-state index >= 15 is 0 Å². The lowest BCUT2D eigenvalue weighted by Crippen LogP contribution is -2.36. The minimum atomic E-state index is -0.143. The zero-order valence-electron chi connectivity index (χ0n) is 16.6. The number of hydrogen-bond donors (Lipinski definition) is 1. The molecule has 0 aliphatic carbocycles. The van der Waals surface area contributed by atoms with Gasteiger partial charge in [0.25, 0.3) is 5.91 Å². The van der Waals surface area contributed by atoms with Crippen molar-refractivity contribution in [2.45, 2.75) is 58.7 Å². The predicted octanol–water partition coefficient (Wildman–Crippen LogP) is 3.10. The van der Waals surface area contributed by atoms with E-state index in [4.69, 9.17) is 11.6 Å². The van der Waals surface area contributed by atoms with E-state index in [2.05, 4.69) is 15.4 Å². The summed E-state index contributed by atoms with van der Waals surface area (Å²) in [5.74, 6) is 0.660. The van der Waals surface area contributed by atoms with Gasteiger partial charge in [0, 0.05) is 41.7 Å². The lowest BCUT2D eigenvalue weighted by Gasteiger charge is -2.17. The molecule has 1 aliphatic heterocycles. The predicted molar refractivity (Wildman–Crippen MR) is 112 cm³/mol. The highest BCUT2D eigenvalue weighted by Crippen LogP contribution is 2.23. The molecule has 152 valence electrons. The first kappa shape index (κ1) is 19.6. The molecule has 3 heterocycles. The van der Waals surface area contributed by atoms with Crippen LogP contribution in [-0.2, 0) is 19.5 Å². The van der Waals surface area contributed by atoms with Crippen LogP contribution in [-0.4, -0.2) is 31.3 Å². The molecule has 0 fully saturated rings. The monoisotopic (exact) mass is 413 g/mol. The van der Waals surface area contributed by atoms with Crippen LogP contribution in [0.1, 0.15) is 48.1 Å². The summed E-state index contributed by atoms with van der Waals surface area (Å²) in [6.07, 6.45) is 2.98. The fourth-order valence-electron chi connectivity index (χ4n) is 3.91. The van der Waals surface area contributed by atoms with Crippen molar-refractivity contribution in [2.75, 3.05) is 0 Å². The molecule has 1 N–H and O–H groups in total. The Balaban J connectivity index is 1.53. The smallest absolute Gasteiger partial charge is 0.345 e. The quantitative estimate of drug-likeness (QED) is 0.712. The van der Waals surface area contributed by atoms with E-state index in [0.29, 0.717) is 36.5 Å². The molecule has 0 bridgehead atoms. The summed E-state index contributed by atoms with van der Waals surface area (Å²) in [6.45, 7) is 5.10. The summed E-state index contributed by atoms with van der Waals surface area (Å²) in [7, 11) is 0. The van der Waals surface area contributed by atoms with Crippen LogP contribution in [0.15, 0.2) is 29.1 Å². The molecule has 1 unspecified atom stereocenters. The first-order valence-corrected chi connectivity index (χ1v) is 10.4. The van der Waals surface area contributed by atoms with Crippen molar-refractivity contribution in [3.63, 3.8) is 0 Å². The Morgan fingerprint density at radius 2 is 2.14 bits per heavy atom. The molecule has 7 nitrogen and oxygen atoms in total. The molecular formula is C21H24ClN5O2. The highest BCUT2D eigenvalue weighted by molar-refractivity contribution is 6.31. The van der Waals surface area contributed by atoms with Crippen LogP contribution in [0.5, 0.6) is 0 Å². The van der Waals surface area contributed by atoms with Crippen LogP contribution in [0.25, 0.3) is 10.9 Å². The number of hydrogen-bond acceptors (Lipinski definition) is 4. The van der Waals surface area contributed by atoms with E-state index in [-0.39, 0.29) is 17.6 Å². The number of aryl methyl sites for hydroxylation is 3. The average molecular weight is 414 g/mol. The second kappa shape index (κ2) is 7.99. The van der Waals surface area contributed by atoms with Crippen molar-refractivity contribution < 1.29 is 4.79 Å². The number of carbonyl (C=O) groups excluding carboxylic acids is 1. The van der Waals surface area contributed by atoms with Crippen molar-refractivity contribution in [3.8, 4) is 0 Å². The number of fused-ring (bicyclic) bond motifs is 2. The number of pyridine rings is 1. The van der Waals surface area contributed by atoms with Gasteiger partial charge in [-0.05, 0) is 50.5 Å². The maximum atomic E-state index is 13.0. The molecule has 1 aromatic carbocycles. The van der Waals surface area contributed by atoms with Gasteiger partial charge in [-0.1, -0.05) is 18.5 Å². The molecule has 3 aromatic rings. The second-order valence-corrected chi connectivity index (χ2v) is 7.98. The van der Waals surface area contributed by atoms with Crippen LogP contribution >= 0.6 is 11.6 Å². The number of nitrogens with one attached hydrogen (secondary N) is 1. The number of aromatic nitrogens is 4. The van der Waals surface area contributed by atoms with Crippen molar-refractivity contribution in [1.29, 1.82) is 0 Å². The molecule has 0 spiro atoms. The van der Waals surface area contributed by atoms with E-state index in [1.807, 2.05) is 19.9 Å². The topological polar surface area (TPSA) is 81.8 Å². The minimum absolute atomic E-state index is 0.0223. The van der Waals surface area contributed by atoms with Crippen LogP contribution < -0.4 is 11.0 Å². The molecule has 1 amide bonds. The Morgan fingerprint density at radius 1 is 1.31 bits per heavy atom. The van der Waals surface area contributed by atoms with Gasteiger partial charge in [0.05, 0.1) is 11.1 Å². The Labute approximate surface area is 173 Å². The number of amides is 1. The van der Waals surface area contributed by atoms with E-state index in [0.717, 1.165) is 35.3 Å². The highest BCUT2D eigenvalue weighted by Gasteiger charge is 2.23. The summed E-state index contributed by atoms with van der Waals surface area (Å²) in [6, 6.07) is 7.14. The third-order valence-corrected chi connectivity index (χ3v) is 5.57. The number of nitrogens with zero attached hydrogens (tertiary/aromatic N) is 4. The fraction of sp³-hybridized carbons (Fsp3) is 0.429. The van der Waals surface area contributed by atoms with Gasteiger partial charge < -0.3 is 5.32 Å². The second-order valence-electron chi connectivity index (χ2n) is 7.54. The Morgan fingerprint density at radius 3 is 2.93 bits per heavy atom. The standard InChI is InChI=1S/C21H24ClN5O2/c1-3-9-27-21(29)26-10-8-15(5-7-19(26)25-27)24-20(28)17-11-13(2)23-18-6-4-14(22)12-16(17)18/h4,6,11-12,15H,3,5,7-10H2,1-2H3,(H,24,28). The molecule has 0 saturated carbocycles. The average Bonchev–Trinajstić information content (AvgIpc) is 2.85. The molecule has 0 radical (unpaired) electrons. The maximum absolute atomic E-state index is 13.0. The number of halogens is 1. The Bertz CT molecular complexity index is 1130. The number of carbonyl (C=O) groups is 1. The van der Waals surface area contributed by atoms with Crippen LogP contribution in [0.2, 0.25) is 5.02 Å². The lowest BCUT2D eigenvalue weighted by molar-refractivity contribution is 0.0934. The Kier molecular flexibility index (Phi) is 5.41. The van der Waals surface area contributed by atoms with Gasteiger partial charge in [0.2, 0.25) is 0 Å². The summed E-state index contributed by atoms with van der Waals surface area (Å²) in [4.78, 5) is 30.0. The zero-order chi connectivity index (χ0) is 20.5. The molecule has 4 rings (SSSR count). The Hall–Kier alpha value is -2.67. The first-order chi connectivity index (χ1) is 14.0. The van der Waals surface area contributed by atoms with Crippen molar-refractivity contribution in [1.82, 2.24) is 24.6 Å². The molecule has 2 aromatic heterocycles. The first-order valence-electron chi connectivity index (χ1n) is 10.0. The van der Waals surface area contributed by atoms with Crippen molar-refractivity contribution >= 4 is 28.4 Å². The van der Waals surface area contributed by atoms with Crippen molar-refractivity contribution in [3.05, 3.63) is 56.9 Å². The van der Waals surface area contributed by atoms with Gasteiger partial charge in [0.15, 0.2) is 0 Å². The largest absolute Gasteiger partial charge is 0.349 e. The minimum Gasteiger partial charge on any atom is -0.349 e. The molecule has 1 atom stereocenters. The number of benzene rings is 1. The highest BCUT2D eigenvalue weighted by atomic mass is 35.5. The zero-order valence-corrected chi connectivity index (χ0v) is 17.4. The molecule has 0 saturated heterocycles. The summed E-state index contributed by atoms with van der Waals surface area (Å²) in [5.41, 5.74) is 2.04. The van der Waals surface area contributed by atoms with E-state index in [1.165, 1.54) is 0 Å². The fourth-order valence-corrected chi connectivity index (χ4v) is 4.08. The number of rotatable bonds is 4. The summed E-state index contributed by atoms with van der Waals surface area (Å²) < 4.78 is 3.29. The van der Waals surface area contributed by atoms with Gasteiger partial charge in [0.1, 0.15) is 5.82 Å². The van der Waals surface area contributed by atoms with Gasteiger partial charge in [-0.3, -0.25) is 14.3 Å². The van der Waals surface area contributed by atoms with Gasteiger partial charge in [-0.15, -0.1) is 0 Å². The van der Waals surface area contributed by atoms with Gasteiger partial charge >= 0.3 is 5.69 Å². The molecule has 29 heavy (non-hydrogen) atoms. The van der Waals surface area contributed by atoms with E-state index in [1.54, 1.807) is 27.4 Å². The van der Waals surface area contributed by atoms with Crippen molar-refractivity contribution in [2.24, 2.45) is 0 Å². The SMILES string of the molecule is CCCn1nc2n(c1=O)CCC(NC(=O)c1cc(C)nc3ccc(Cl)cc13)CC2.